The molecule has 0 aliphatic carbocycles. The molecule has 0 unspecified atom stereocenters. The van der Waals surface area contributed by atoms with Gasteiger partial charge in [0.25, 0.3) is 0 Å². The molecule has 126 valence electrons. The maximum Gasteiger partial charge on any atom is 0.157 e. The fraction of sp³-hybridized carbons (Fsp3) is 0.238. The molecule has 25 heavy (non-hydrogen) atoms. The molecular formula is C21H20ClN3. The number of benzene rings is 2. The van der Waals surface area contributed by atoms with Crippen LogP contribution in [-0.4, -0.2) is 14.5 Å². The van der Waals surface area contributed by atoms with Crippen molar-refractivity contribution in [2.45, 2.75) is 32.7 Å². The topological polar surface area (TPSA) is 30.7 Å². The molecule has 4 rings (SSSR count). The highest BCUT2D eigenvalue weighted by Crippen LogP contribution is 2.31. The molecule has 0 spiro atoms. The molecule has 4 aromatic rings. The lowest BCUT2D eigenvalue weighted by atomic mass is 10.1. The summed E-state index contributed by atoms with van der Waals surface area (Å²) in [5.41, 5.74) is 4.07. The van der Waals surface area contributed by atoms with Crippen LogP contribution in [0.4, 0.5) is 0 Å². The van der Waals surface area contributed by atoms with Crippen LogP contribution in [0, 0.1) is 0 Å². The first-order valence-corrected chi connectivity index (χ1v) is 9.13. The quantitative estimate of drug-likeness (QED) is 0.437. The van der Waals surface area contributed by atoms with Crippen LogP contribution in [0.1, 0.15) is 31.2 Å². The smallest absolute Gasteiger partial charge is 0.157 e. The van der Waals surface area contributed by atoms with E-state index in [0.29, 0.717) is 5.15 Å². The van der Waals surface area contributed by atoms with Gasteiger partial charge in [0, 0.05) is 18.4 Å². The first-order valence-electron chi connectivity index (χ1n) is 8.75. The zero-order valence-electron chi connectivity index (χ0n) is 14.2. The standard InChI is InChI=1S/C21H20ClN3/c1-2-3-13-18-24-19-20(25(18)14-15-9-5-4-6-10-15)16-11-7-8-12-17(16)23-21(19)22/h4-12H,2-3,13-14H2,1H3. The van der Waals surface area contributed by atoms with Crippen molar-refractivity contribution in [3.05, 3.63) is 71.1 Å². The first kappa shape index (κ1) is 16.1. The van der Waals surface area contributed by atoms with E-state index >= 15 is 0 Å². The summed E-state index contributed by atoms with van der Waals surface area (Å²) in [5, 5.41) is 1.59. The van der Waals surface area contributed by atoms with Crippen LogP contribution in [0.5, 0.6) is 0 Å². The monoisotopic (exact) mass is 349 g/mol. The zero-order valence-corrected chi connectivity index (χ0v) is 15.0. The Labute approximate surface area is 152 Å². The molecular weight excluding hydrogens is 330 g/mol. The van der Waals surface area contributed by atoms with Crippen LogP contribution in [0.15, 0.2) is 54.6 Å². The summed E-state index contributed by atoms with van der Waals surface area (Å²) in [5.74, 6) is 1.08. The van der Waals surface area contributed by atoms with Gasteiger partial charge in [0.1, 0.15) is 11.3 Å². The number of hydrogen-bond acceptors (Lipinski definition) is 2. The highest BCUT2D eigenvalue weighted by atomic mass is 35.5. The zero-order chi connectivity index (χ0) is 17.2. The number of aromatic nitrogens is 3. The second-order valence-corrected chi connectivity index (χ2v) is 6.68. The minimum Gasteiger partial charge on any atom is -0.323 e. The summed E-state index contributed by atoms with van der Waals surface area (Å²) in [4.78, 5) is 9.40. The molecule has 0 N–H and O–H groups in total. The minimum atomic E-state index is 0.485. The summed E-state index contributed by atoms with van der Waals surface area (Å²) in [6, 6.07) is 18.7. The van der Waals surface area contributed by atoms with Crippen molar-refractivity contribution in [2.75, 3.05) is 0 Å². The molecule has 2 heterocycles. The summed E-state index contributed by atoms with van der Waals surface area (Å²) in [6.45, 7) is 2.99. The number of unbranched alkanes of at least 4 members (excludes halogenated alkanes) is 1. The van der Waals surface area contributed by atoms with Crippen LogP contribution in [-0.2, 0) is 13.0 Å². The second-order valence-electron chi connectivity index (χ2n) is 6.32. The molecule has 4 heteroatoms. The van der Waals surface area contributed by atoms with Gasteiger partial charge >= 0.3 is 0 Å². The number of hydrogen-bond donors (Lipinski definition) is 0. The van der Waals surface area contributed by atoms with Crippen molar-refractivity contribution in [1.82, 2.24) is 14.5 Å². The van der Waals surface area contributed by atoms with E-state index in [0.717, 1.165) is 53.6 Å². The van der Waals surface area contributed by atoms with Crippen molar-refractivity contribution in [1.29, 1.82) is 0 Å². The first-order chi connectivity index (χ1) is 12.3. The molecule has 2 aromatic heterocycles. The average Bonchev–Trinajstić information content (AvgIpc) is 3.00. The molecule has 3 nitrogen and oxygen atoms in total. The Morgan fingerprint density at radius 3 is 2.52 bits per heavy atom. The van der Waals surface area contributed by atoms with Crippen LogP contribution in [0.25, 0.3) is 21.9 Å². The predicted octanol–water partition coefficient (Wildman–Crippen LogP) is 5.63. The number of fused-ring (bicyclic) bond motifs is 3. The molecule has 0 aliphatic heterocycles. The van der Waals surface area contributed by atoms with Crippen LogP contribution >= 0.6 is 11.6 Å². The Bertz CT molecular complexity index is 1020. The fourth-order valence-corrected chi connectivity index (χ4v) is 3.53. The van der Waals surface area contributed by atoms with E-state index < -0.39 is 0 Å². The number of pyridine rings is 1. The maximum atomic E-state index is 6.47. The fourth-order valence-electron chi connectivity index (χ4n) is 3.31. The van der Waals surface area contributed by atoms with Crippen molar-refractivity contribution >= 4 is 33.5 Å². The molecule has 0 saturated heterocycles. The Morgan fingerprint density at radius 1 is 0.960 bits per heavy atom. The van der Waals surface area contributed by atoms with Crippen LogP contribution in [0.3, 0.4) is 0 Å². The maximum absolute atomic E-state index is 6.47. The molecule has 0 saturated carbocycles. The summed E-state index contributed by atoms with van der Waals surface area (Å²) < 4.78 is 2.32. The van der Waals surface area contributed by atoms with E-state index in [2.05, 4.69) is 46.8 Å². The van der Waals surface area contributed by atoms with Gasteiger partial charge in [-0.25, -0.2) is 9.97 Å². The van der Waals surface area contributed by atoms with Crippen molar-refractivity contribution < 1.29 is 0 Å². The van der Waals surface area contributed by atoms with Gasteiger partial charge < -0.3 is 4.57 Å². The molecule has 0 atom stereocenters. The van der Waals surface area contributed by atoms with Gasteiger partial charge in [0.15, 0.2) is 5.15 Å². The largest absolute Gasteiger partial charge is 0.323 e. The van der Waals surface area contributed by atoms with Gasteiger partial charge in [-0.3, -0.25) is 0 Å². The van der Waals surface area contributed by atoms with Crippen LogP contribution in [0.2, 0.25) is 5.15 Å². The van der Waals surface area contributed by atoms with Gasteiger partial charge in [0.2, 0.25) is 0 Å². The van der Waals surface area contributed by atoms with Gasteiger partial charge in [-0.1, -0.05) is 73.5 Å². The molecule has 2 aromatic carbocycles. The molecule has 0 bridgehead atoms. The third-order valence-corrected chi connectivity index (χ3v) is 4.82. The predicted molar refractivity (Wildman–Crippen MR) is 104 cm³/mol. The number of para-hydroxylation sites is 1. The van der Waals surface area contributed by atoms with Gasteiger partial charge in [-0.05, 0) is 18.1 Å². The lowest BCUT2D eigenvalue weighted by molar-refractivity contribution is 0.690. The van der Waals surface area contributed by atoms with E-state index in [1.165, 1.54) is 5.56 Å². The number of halogens is 1. The highest BCUT2D eigenvalue weighted by Gasteiger charge is 2.17. The Kier molecular flexibility index (Phi) is 4.41. The Balaban J connectivity index is 1.98. The van der Waals surface area contributed by atoms with Crippen molar-refractivity contribution in [3.8, 4) is 0 Å². The van der Waals surface area contributed by atoms with Crippen molar-refractivity contribution in [2.24, 2.45) is 0 Å². The lowest BCUT2D eigenvalue weighted by Gasteiger charge is -2.11. The number of nitrogens with zero attached hydrogens (tertiary/aromatic N) is 3. The lowest BCUT2D eigenvalue weighted by Crippen LogP contribution is -2.05. The normalized spacial score (nSPS) is 11.4. The summed E-state index contributed by atoms with van der Waals surface area (Å²) in [7, 11) is 0. The molecule has 0 amide bonds. The minimum absolute atomic E-state index is 0.485. The van der Waals surface area contributed by atoms with Gasteiger partial charge in [-0.2, -0.15) is 0 Å². The van der Waals surface area contributed by atoms with E-state index in [-0.39, 0.29) is 0 Å². The van der Waals surface area contributed by atoms with E-state index in [1.807, 2.05) is 24.3 Å². The van der Waals surface area contributed by atoms with E-state index in [9.17, 15) is 0 Å². The van der Waals surface area contributed by atoms with Crippen molar-refractivity contribution in [3.63, 3.8) is 0 Å². The SMILES string of the molecule is CCCCc1nc2c(Cl)nc3ccccc3c2n1Cc1ccccc1. The van der Waals surface area contributed by atoms with E-state index in [1.54, 1.807) is 0 Å². The Hall–Kier alpha value is -2.39. The summed E-state index contributed by atoms with van der Waals surface area (Å²) in [6.07, 6.45) is 3.20. The number of aryl methyl sites for hydroxylation is 1. The Morgan fingerprint density at radius 2 is 1.72 bits per heavy atom. The number of rotatable bonds is 5. The third kappa shape index (κ3) is 3.00. The summed E-state index contributed by atoms with van der Waals surface area (Å²) >= 11 is 6.47. The van der Waals surface area contributed by atoms with Crippen LogP contribution < -0.4 is 0 Å². The third-order valence-electron chi connectivity index (χ3n) is 4.56. The highest BCUT2D eigenvalue weighted by molar-refractivity contribution is 6.35. The van der Waals surface area contributed by atoms with Gasteiger partial charge in [-0.15, -0.1) is 0 Å². The van der Waals surface area contributed by atoms with E-state index in [4.69, 9.17) is 16.6 Å². The number of imidazole rings is 1. The second kappa shape index (κ2) is 6.85. The average molecular weight is 350 g/mol. The molecule has 0 aliphatic rings. The molecule has 0 radical (unpaired) electrons. The van der Waals surface area contributed by atoms with Gasteiger partial charge in [0.05, 0.1) is 11.0 Å². The molecule has 0 fully saturated rings.